The molecule has 0 atom stereocenters. The van der Waals surface area contributed by atoms with Gasteiger partial charge in [0.1, 0.15) is 19.2 Å². The lowest BCUT2D eigenvalue weighted by atomic mass is 10.2. The van der Waals surface area contributed by atoms with E-state index < -0.39 is 0 Å². The van der Waals surface area contributed by atoms with Crippen molar-refractivity contribution in [1.82, 2.24) is 20.2 Å². The van der Waals surface area contributed by atoms with Crippen molar-refractivity contribution in [3.8, 4) is 11.5 Å². The molecule has 0 spiro atoms. The van der Waals surface area contributed by atoms with Gasteiger partial charge in [-0.05, 0) is 23.8 Å². The van der Waals surface area contributed by atoms with E-state index in [-0.39, 0.29) is 12.5 Å². The van der Waals surface area contributed by atoms with Gasteiger partial charge in [-0.3, -0.25) is 4.79 Å². The summed E-state index contributed by atoms with van der Waals surface area (Å²) in [6, 6.07) is 5.32. The predicted octanol–water partition coefficient (Wildman–Crippen LogP) is 0.446. The van der Waals surface area contributed by atoms with Crippen LogP contribution in [0.25, 0.3) is 0 Å². The normalized spacial score (nSPS) is 10.6. The van der Waals surface area contributed by atoms with Gasteiger partial charge in [0, 0.05) is 0 Å². The molecule has 0 bridgehead atoms. The Hall–Kier alpha value is -2.90. The molecule has 0 saturated heterocycles. The molecule has 0 aliphatic heterocycles. The number of hydrogen-bond acceptors (Lipinski definition) is 6. The summed E-state index contributed by atoms with van der Waals surface area (Å²) in [6.45, 7) is 0.0588. The molecule has 1 aromatic heterocycles. The smallest absolute Gasteiger partial charge is 0.261 e. The lowest BCUT2D eigenvalue weighted by molar-refractivity contribution is -0.121. The second kappa shape index (κ2) is 7.04. The highest BCUT2D eigenvalue weighted by molar-refractivity contribution is 5.83. The fourth-order valence-corrected chi connectivity index (χ4v) is 1.61. The van der Waals surface area contributed by atoms with Crippen LogP contribution in [0.4, 0.5) is 0 Å². The maximum Gasteiger partial charge on any atom is 0.261 e. The number of benzene rings is 1. The minimum Gasteiger partial charge on any atom is -0.493 e. The Morgan fingerprint density at radius 3 is 2.86 bits per heavy atom. The summed E-state index contributed by atoms with van der Waals surface area (Å²) in [5.74, 6) is 0.928. The van der Waals surface area contributed by atoms with E-state index in [1.54, 1.807) is 32.4 Å². The highest BCUT2D eigenvalue weighted by atomic mass is 16.5. The minimum absolute atomic E-state index is 0.0588. The number of nitrogens with zero attached hydrogens (tertiary/aromatic N) is 4. The average molecular weight is 289 g/mol. The van der Waals surface area contributed by atoms with Crippen molar-refractivity contribution >= 4 is 12.1 Å². The van der Waals surface area contributed by atoms with Crippen molar-refractivity contribution in [3.05, 3.63) is 36.4 Å². The number of hydrogen-bond donors (Lipinski definition) is 1. The average Bonchev–Trinajstić information content (AvgIpc) is 2.99. The van der Waals surface area contributed by atoms with E-state index in [0.717, 1.165) is 5.56 Å². The van der Waals surface area contributed by atoms with Gasteiger partial charge in [-0.2, -0.15) is 10.2 Å². The van der Waals surface area contributed by atoms with Crippen molar-refractivity contribution in [2.24, 2.45) is 5.10 Å². The Balaban J connectivity index is 1.93. The monoisotopic (exact) mass is 289 g/mol. The molecule has 0 aliphatic carbocycles. The van der Waals surface area contributed by atoms with Crippen LogP contribution in [0.5, 0.6) is 11.5 Å². The molecule has 1 N–H and O–H groups in total. The fourth-order valence-electron chi connectivity index (χ4n) is 1.61. The third-order valence-electron chi connectivity index (χ3n) is 2.58. The first-order valence-electron chi connectivity index (χ1n) is 6.09. The van der Waals surface area contributed by atoms with Crippen molar-refractivity contribution in [2.75, 3.05) is 14.2 Å². The Labute approximate surface area is 121 Å². The summed E-state index contributed by atoms with van der Waals surface area (Å²) in [6.07, 6.45) is 4.33. The van der Waals surface area contributed by atoms with Crippen LogP contribution in [0.2, 0.25) is 0 Å². The Morgan fingerprint density at radius 2 is 2.19 bits per heavy atom. The number of rotatable bonds is 6. The van der Waals surface area contributed by atoms with Crippen LogP contribution in [0, 0.1) is 0 Å². The van der Waals surface area contributed by atoms with E-state index >= 15 is 0 Å². The number of ether oxygens (including phenoxy) is 2. The molecular weight excluding hydrogens is 274 g/mol. The molecule has 0 fully saturated rings. The molecule has 110 valence electrons. The topological polar surface area (TPSA) is 90.6 Å². The quantitative estimate of drug-likeness (QED) is 0.615. The number of methoxy groups -OCH3 is 2. The van der Waals surface area contributed by atoms with Gasteiger partial charge in [-0.15, -0.1) is 0 Å². The molecule has 2 aromatic rings. The zero-order chi connectivity index (χ0) is 15.1. The second-order valence-electron chi connectivity index (χ2n) is 4.00. The van der Waals surface area contributed by atoms with Crippen LogP contribution in [-0.4, -0.2) is 41.1 Å². The van der Waals surface area contributed by atoms with E-state index in [1.807, 2.05) is 0 Å². The van der Waals surface area contributed by atoms with Crippen molar-refractivity contribution in [2.45, 2.75) is 6.54 Å². The SMILES string of the molecule is COc1ccc(/C=N\NC(=O)Cn2cncn2)cc1OC. The number of carbonyl (C=O) groups is 1. The zero-order valence-electron chi connectivity index (χ0n) is 11.7. The Kier molecular flexibility index (Phi) is 4.86. The van der Waals surface area contributed by atoms with Gasteiger partial charge in [-0.25, -0.2) is 15.1 Å². The largest absolute Gasteiger partial charge is 0.493 e. The van der Waals surface area contributed by atoms with Crippen LogP contribution in [0.15, 0.2) is 36.0 Å². The van der Waals surface area contributed by atoms with Crippen LogP contribution in [0.3, 0.4) is 0 Å². The first kappa shape index (κ1) is 14.5. The zero-order valence-corrected chi connectivity index (χ0v) is 11.7. The maximum atomic E-state index is 11.6. The van der Waals surface area contributed by atoms with E-state index in [0.29, 0.717) is 11.5 Å². The Morgan fingerprint density at radius 1 is 1.38 bits per heavy atom. The lowest BCUT2D eigenvalue weighted by Crippen LogP contribution is -2.23. The number of aromatic nitrogens is 3. The maximum absolute atomic E-state index is 11.6. The van der Waals surface area contributed by atoms with Gasteiger partial charge in [0.15, 0.2) is 11.5 Å². The molecule has 0 aliphatic rings. The summed E-state index contributed by atoms with van der Waals surface area (Å²) in [7, 11) is 3.12. The number of amides is 1. The molecule has 8 nitrogen and oxygen atoms in total. The van der Waals surface area contributed by atoms with Crippen molar-refractivity contribution in [3.63, 3.8) is 0 Å². The molecule has 0 unspecified atom stereocenters. The molecule has 2 rings (SSSR count). The molecular formula is C13H15N5O3. The summed E-state index contributed by atoms with van der Waals surface area (Å²) < 4.78 is 11.7. The first-order chi connectivity index (χ1) is 10.2. The molecule has 0 saturated carbocycles. The Bertz CT molecular complexity index is 625. The summed E-state index contributed by atoms with van der Waals surface area (Å²) in [4.78, 5) is 15.3. The van der Waals surface area contributed by atoms with Gasteiger partial charge in [0.25, 0.3) is 5.91 Å². The molecule has 21 heavy (non-hydrogen) atoms. The minimum atomic E-state index is -0.294. The highest BCUT2D eigenvalue weighted by Gasteiger charge is 2.04. The third-order valence-corrected chi connectivity index (χ3v) is 2.58. The van der Waals surface area contributed by atoms with Crippen LogP contribution >= 0.6 is 0 Å². The van der Waals surface area contributed by atoms with Crippen molar-refractivity contribution < 1.29 is 14.3 Å². The summed E-state index contributed by atoms with van der Waals surface area (Å²) >= 11 is 0. The number of hydrazone groups is 1. The van der Waals surface area contributed by atoms with E-state index in [1.165, 1.54) is 23.6 Å². The first-order valence-corrected chi connectivity index (χ1v) is 6.09. The van der Waals surface area contributed by atoms with E-state index in [4.69, 9.17) is 9.47 Å². The predicted molar refractivity (Wildman–Crippen MR) is 75.3 cm³/mol. The van der Waals surface area contributed by atoms with Gasteiger partial charge in [0.05, 0.1) is 20.4 Å². The van der Waals surface area contributed by atoms with E-state index in [2.05, 4.69) is 20.6 Å². The molecule has 1 amide bonds. The second-order valence-corrected chi connectivity index (χ2v) is 4.00. The number of nitrogens with one attached hydrogen (secondary N) is 1. The number of carbonyl (C=O) groups excluding carboxylic acids is 1. The molecule has 1 aromatic carbocycles. The highest BCUT2D eigenvalue weighted by Crippen LogP contribution is 2.26. The van der Waals surface area contributed by atoms with Gasteiger partial charge in [-0.1, -0.05) is 0 Å². The van der Waals surface area contributed by atoms with Crippen molar-refractivity contribution in [1.29, 1.82) is 0 Å². The molecule has 8 heteroatoms. The summed E-state index contributed by atoms with van der Waals surface area (Å²) in [5, 5.41) is 7.70. The van der Waals surface area contributed by atoms with Gasteiger partial charge < -0.3 is 9.47 Å². The van der Waals surface area contributed by atoms with Crippen LogP contribution in [0.1, 0.15) is 5.56 Å². The molecule has 0 radical (unpaired) electrons. The van der Waals surface area contributed by atoms with Gasteiger partial charge >= 0.3 is 0 Å². The fraction of sp³-hybridized carbons (Fsp3) is 0.231. The lowest BCUT2D eigenvalue weighted by Gasteiger charge is -2.07. The third kappa shape index (κ3) is 4.03. The van der Waals surface area contributed by atoms with Crippen LogP contribution in [-0.2, 0) is 11.3 Å². The van der Waals surface area contributed by atoms with Gasteiger partial charge in [0.2, 0.25) is 0 Å². The van der Waals surface area contributed by atoms with E-state index in [9.17, 15) is 4.79 Å². The standard InChI is InChI=1S/C13H15N5O3/c1-20-11-4-3-10(5-12(11)21-2)6-15-17-13(19)7-18-9-14-8-16-18/h3-6,8-9H,7H2,1-2H3,(H,17,19)/b15-6-. The van der Waals surface area contributed by atoms with Crippen LogP contribution < -0.4 is 14.9 Å². The molecule has 1 heterocycles. The summed E-state index contributed by atoms with van der Waals surface area (Å²) in [5.41, 5.74) is 3.18.